The van der Waals surface area contributed by atoms with E-state index in [2.05, 4.69) is 16.0 Å². The fourth-order valence-corrected chi connectivity index (χ4v) is 18.1. The zero-order valence-electron chi connectivity index (χ0n) is 66.4. The molecule has 4 saturated carbocycles. The van der Waals surface area contributed by atoms with Crippen LogP contribution < -0.4 is 16.0 Å². The number of carbonyl (C=O) groups excluding carboxylic acids is 12. The van der Waals surface area contributed by atoms with Gasteiger partial charge in [0.05, 0.1) is 31.1 Å². The highest BCUT2D eigenvalue weighted by Gasteiger charge is 2.57. The fraction of sp³-hybridized carbons (Fsp3) is 0.818. The zero-order valence-corrected chi connectivity index (χ0v) is 66.4. The second kappa shape index (κ2) is 38.3. The van der Waals surface area contributed by atoms with Crippen molar-refractivity contribution in [3.05, 3.63) is 12.2 Å². The van der Waals surface area contributed by atoms with Crippen LogP contribution in [0.3, 0.4) is 0 Å². The number of nitrogens with zero attached hydrogens (tertiary/aromatic N) is 9. The molecule has 4 aliphatic carbocycles. The molecule has 4 aliphatic heterocycles. The lowest BCUT2D eigenvalue weighted by Gasteiger charge is -2.46. The molecule has 26 nitrogen and oxygen atoms in total. The van der Waals surface area contributed by atoms with Crippen LogP contribution in [0.25, 0.3) is 0 Å². The number of fused-ring (bicyclic) bond motifs is 4. The lowest BCUT2D eigenvalue weighted by molar-refractivity contribution is -0.219. The maximum Gasteiger partial charge on any atom is 0.397 e. The third kappa shape index (κ3) is 20.8. The minimum Gasteiger partial charge on any atom is -0.377 e. The molecule has 626 valence electrons. The van der Waals surface area contributed by atoms with Crippen LogP contribution in [0, 0.1) is 35.5 Å². The van der Waals surface area contributed by atoms with Crippen molar-refractivity contribution in [1.82, 2.24) is 60.0 Å². The molecule has 0 aromatic carbocycles. The summed E-state index contributed by atoms with van der Waals surface area (Å²) >= 11 is 0. The quantitative estimate of drug-likeness (QED) is 0.128. The van der Waals surface area contributed by atoms with E-state index in [9.17, 15) is 45.5 Å². The van der Waals surface area contributed by atoms with E-state index >= 15 is 47.1 Å². The first-order valence-electron chi connectivity index (χ1n) is 39.9. The highest BCUT2D eigenvalue weighted by atomic mass is 19.4. The van der Waals surface area contributed by atoms with E-state index in [0.717, 1.165) is 24.5 Å². The first-order valence-corrected chi connectivity index (χ1v) is 39.9. The van der Waals surface area contributed by atoms with Gasteiger partial charge in [0.15, 0.2) is 0 Å². The summed E-state index contributed by atoms with van der Waals surface area (Å²) in [7, 11) is 9.55. The van der Waals surface area contributed by atoms with E-state index in [0.29, 0.717) is 38.5 Å². The van der Waals surface area contributed by atoms with Crippen LogP contribution in [-0.2, 0) is 67.0 Å². The molecule has 8 aliphatic rings. The molecule has 2 unspecified atom stereocenters. The van der Waals surface area contributed by atoms with Crippen molar-refractivity contribution in [3.8, 4) is 0 Å². The van der Waals surface area contributed by atoms with Gasteiger partial charge >= 0.3 is 12.4 Å². The summed E-state index contributed by atoms with van der Waals surface area (Å²) in [5.41, 5.74) is -1.70. The van der Waals surface area contributed by atoms with Crippen molar-refractivity contribution in [2.24, 2.45) is 35.5 Å². The molecule has 2 bridgehead atoms. The molecule has 34 heteroatoms. The highest BCUT2D eigenvalue weighted by Crippen LogP contribution is 2.46. The second-order valence-electron chi connectivity index (χ2n) is 32.5. The summed E-state index contributed by atoms with van der Waals surface area (Å²) in [6, 6.07) is -12.8. The molecule has 0 aromatic rings. The standard InChI is InChI=1S/C77H118F8N12O14/c1-13-44(5)63-72(107)97-42-50(111-16-4)39-59(97)70(105)92(10)55-25-18-17-21-34-95(71(55)106)58(37-45-26-29-48(30-27-45)76(80,81)82)69(104)90(8)43-60(98)86-53(31-28-46-35-51(78)62(52(79)36-46)77(83,84)85)67(102)96-41-49(110-15-3)38-56(96)66(101)88-75(32-22-33-75)74(109)94(12)64(47-23-19-20-24-47)73(108)93(11)57(68(103)89(6)7)40-61(99)91(9)54(14-2)65(100)87-63/h17-18,44-59,62-64H,13-16,19-43H2,1-12H3,(H,86,98)(H,87,100)(H,88,101)/b18-17-/t44-,45?,46?,48?,49+,50+,51?,52?,53-,54-,55-,56-,57-,58-,59-,62?,63-,64-/m0/s1. The van der Waals surface area contributed by atoms with Gasteiger partial charge in [-0.2, -0.15) is 26.3 Å². The summed E-state index contributed by atoms with van der Waals surface area (Å²) in [6.45, 7) is 7.28. The predicted octanol–water partition coefficient (Wildman–Crippen LogP) is 6.26. The Morgan fingerprint density at radius 3 is 1.75 bits per heavy atom. The van der Waals surface area contributed by atoms with Crippen LogP contribution in [0.5, 0.6) is 0 Å². The highest BCUT2D eigenvalue weighted by molar-refractivity contribution is 6.01. The molecule has 111 heavy (non-hydrogen) atoms. The fourth-order valence-electron chi connectivity index (χ4n) is 18.1. The van der Waals surface area contributed by atoms with Crippen LogP contribution in [0.2, 0.25) is 0 Å². The third-order valence-electron chi connectivity index (χ3n) is 25.0. The lowest BCUT2D eigenvalue weighted by atomic mass is 9.74. The van der Waals surface area contributed by atoms with Crippen molar-refractivity contribution in [3.63, 3.8) is 0 Å². The van der Waals surface area contributed by atoms with Gasteiger partial charge in [0, 0.05) is 95.0 Å². The third-order valence-corrected chi connectivity index (χ3v) is 25.0. The molecule has 4 heterocycles. The average Bonchev–Trinajstić information content (AvgIpc) is 1.64. The number of rotatable bonds is 14. The number of halogens is 8. The first kappa shape index (κ1) is 89.3. The Bertz CT molecular complexity index is 3340. The number of nitrogens with one attached hydrogen (secondary N) is 3. The Morgan fingerprint density at radius 2 is 1.21 bits per heavy atom. The summed E-state index contributed by atoms with van der Waals surface area (Å²) in [5, 5.41) is 8.45. The van der Waals surface area contributed by atoms with Crippen molar-refractivity contribution in [2.75, 3.05) is 88.7 Å². The van der Waals surface area contributed by atoms with Crippen LogP contribution in [-0.4, -0.2) is 301 Å². The van der Waals surface area contributed by atoms with Gasteiger partial charge in [0.1, 0.15) is 78.2 Å². The minimum absolute atomic E-state index is 0.0121. The Balaban J connectivity index is 1.22. The molecule has 8 rings (SSSR count). The summed E-state index contributed by atoms with van der Waals surface area (Å²) in [5.74, 6) is -16.9. The molecule has 3 N–H and O–H groups in total. The van der Waals surface area contributed by atoms with Gasteiger partial charge in [0.2, 0.25) is 70.9 Å². The molecule has 0 aromatic heterocycles. The van der Waals surface area contributed by atoms with E-state index in [1.54, 1.807) is 46.8 Å². The van der Waals surface area contributed by atoms with E-state index in [1.165, 1.54) is 68.9 Å². The van der Waals surface area contributed by atoms with E-state index in [-0.39, 0.29) is 116 Å². The van der Waals surface area contributed by atoms with Gasteiger partial charge in [-0.25, -0.2) is 8.78 Å². The Hall–Kier alpha value is -7.26. The summed E-state index contributed by atoms with van der Waals surface area (Å²) < 4.78 is 128. The molecule has 14 atom stereocenters. The first-order chi connectivity index (χ1) is 52.2. The molecule has 7 fully saturated rings. The topological polar surface area (TPSA) is 289 Å². The van der Waals surface area contributed by atoms with Crippen LogP contribution in [0.4, 0.5) is 35.1 Å². The lowest BCUT2D eigenvalue weighted by Crippen LogP contribution is -2.68. The number of ether oxygens (including phenoxy) is 2. The van der Waals surface area contributed by atoms with Crippen molar-refractivity contribution >= 4 is 70.9 Å². The average molecular weight is 1590 g/mol. The Kier molecular flexibility index (Phi) is 30.8. The zero-order chi connectivity index (χ0) is 82.0. The number of hydrogen-bond acceptors (Lipinski definition) is 14. The number of likely N-dealkylation sites (N-methyl/N-ethyl adjacent to an activating group) is 6. The Morgan fingerprint density at radius 1 is 0.613 bits per heavy atom. The molecular weight excluding hydrogens is 1470 g/mol. The number of carbonyl (C=O) groups is 12. The van der Waals surface area contributed by atoms with Gasteiger partial charge in [-0.3, -0.25) is 57.5 Å². The smallest absolute Gasteiger partial charge is 0.377 e. The molecule has 0 radical (unpaired) electrons. The maximum absolute atomic E-state index is 15.7. The van der Waals surface area contributed by atoms with Crippen molar-refractivity contribution in [1.29, 1.82) is 0 Å². The van der Waals surface area contributed by atoms with Gasteiger partial charge in [-0.15, -0.1) is 0 Å². The SMILES string of the molecule is CCO[C@@H]1C[C@H]2C(=O)NC3(CCC3)C(=O)N(C)[C@@H](C3CCCC3)C(=O)N(C)[C@H](C(=O)N(C)C)CC(=O)N(C)[C@@H](CC)C(=O)N[C@@H]([C@@H](C)CC)C(=O)N3C[C@H](OCC)C[C@H]3C(=O)N(C)[C@H]3C/C=C\CCN(C3=O)[C@@H](CC3CCC(C(F)(F)F)CC3)C(=O)N(C)CC(=O)N[C@@H](CCC3CC(F)C(C(F)(F)F)C(F)C3)C(=O)N2C1. The van der Waals surface area contributed by atoms with Crippen LogP contribution >= 0.6 is 0 Å². The van der Waals surface area contributed by atoms with E-state index < -0.39 is 235 Å². The number of alkyl halides is 8. The summed E-state index contributed by atoms with van der Waals surface area (Å²) in [4.78, 5) is 194. The van der Waals surface area contributed by atoms with Crippen LogP contribution in [0.1, 0.15) is 182 Å². The van der Waals surface area contributed by atoms with Crippen molar-refractivity contribution < 1.29 is 102 Å². The van der Waals surface area contributed by atoms with Crippen LogP contribution in [0.15, 0.2) is 12.2 Å². The molecule has 12 amide bonds. The number of hydrogen-bond donors (Lipinski definition) is 3. The largest absolute Gasteiger partial charge is 0.397 e. The monoisotopic (exact) mass is 1590 g/mol. The van der Waals surface area contributed by atoms with Gasteiger partial charge in [-0.05, 0) is 147 Å². The molecular formula is C77H118F8N12O14. The maximum atomic E-state index is 15.7. The normalized spacial score (nSPS) is 33.2. The molecule has 1 spiro atoms. The van der Waals surface area contributed by atoms with E-state index in [1.807, 2.05) is 0 Å². The minimum atomic E-state index is -5.22. The predicted molar refractivity (Wildman–Crippen MR) is 390 cm³/mol. The van der Waals surface area contributed by atoms with Crippen molar-refractivity contribution in [2.45, 2.75) is 279 Å². The number of amides is 12. The van der Waals surface area contributed by atoms with Gasteiger partial charge in [0.25, 0.3) is 0 Å². The van der Waals surface area contributed by atoms with E-state index in [4.69, 9.17) is 9.47 Å². The van der Waals surface area contributed by atoms with Gasteiger partial charge in [-0.1, -0.05) is 52.2 Å². The second-order valence-corrected chi connectivity index (χ2v) is 32.5. The summed E-state index contributed by atoms with van der Waals surface area (Å²) in [6.07, 6.45) is -14.2. The Labute approximate surface area is 646 Å². The molecule has 3 saturated heterocycles. The van der Waals surface area contributed by atoms with Gasteiger partial charge < -0.3 is 69.5 Å².